The summed E-state index contributed by atoms with van der Waals surface area (Å²) >= 11 is 0. The summed E-state index contributed by atoms with van der Waals surface area (Å²) in [4.78, 5) is 16.1. The van der Waals surface area contributed by atoms with Crippen LogP contribution in [0.1, 0.15) is 10.4 Å². The number of aromatic nitrogens is 1. The van der Waals surface area contributed by atoms with Crippen molar-refractivity contribution >= 4 is 22.6 Å². The molecule has 1 aromatic heterocycles. The smallest absolute Gasteiger partial charge is 0.405 e. The van der Waals surface area contributed by atoms with Crippen molar-refractivity contribution in [2.45, 2.75) is 6.18 Å². The van der Waals surface area contributed by atoms with Crippen molar-refractivity contribution in [1.29, 1.82) is 0 Å². The number of pyridine rings is 1. The van der Waals surface area contributed by atoms with E-state index in [1.54, 1.807) is 6.07 Å². The number of rotatable bonds is 4. The van der Waals surface area contributed by atoms with Gasteiger partial charge in [0.05, 0.1) is 29.6 Å². The molecule has 0 aliphatic heterocycles. The van der Waals surface area contributed by atoms with Crippen molar-refractivity contribution in [2.75, 3.05) is 19.0 Å². The van der Waals surface area contributed by atoms with Gasteiger partial charge in [-0.25, -0.2) is 14.2 Å². The minimum Gasteiger partial charge on any atom is -0.465 e. The Morgan fingerprint density at radius 2 is 1.81 bits per heavy atom. The minimum atomic E-state index is -4.43. The Kier molecular flexibility index (Phi) is 4.98. The highest BCUT2D eigenvalue weighted by molar-refractivity contribution is 5.96. The molecule has 0 aliphatic carbocycles. The number of fused-ring (bicyclic) bond motifs is 1. The Bertz CT molecular complexity index is 985. The van der Waals surface area contributed by atoms with Gasteiger partial charge >= 0.3 is 12.1 Å². The van der Waals surface area contributed by atoms with Crippen LogP contribution in [0.5, 0.6) is 0 Å². The molecule has 0 atom stereocenters. The third-order valence-corrected chi connectivity index (χ3v) is 3.83. The van der Waals surface area contributed by atoms with Crippen LogP contribution in [0.2, 0.25) is 0 Å². The summed E-state index contributed by atoms with van der Waals surface area (Å²) in [5.74, 6) is -1.03. The van der Waals surface area contributed by atoms with Gasteiger partial charge in [-0.05, 0) is 48.5 Å². The van der Waals surface area contributed by atoms with Gasteiger partial charge in [0.15, 0.2) is 0 Å². The van der Waals surface area contributed by atoms with Gasteiger partial charge in [0.25, 0.3) is 0 Å². The van der Waals surface area contributed by atoms with Gasteiger partial charge in [0.2, 0.25) is 0 Å². The van der Waals surface area contributed by atoms with E-state index >= 15 is 0 Å². The molecule has 0 amide bonds. The van der Waals surface area contributed by atoms with E-state index in [9.17, 15) is 22.4 Å². The second kappa shape index (κ2) is 7.22. The number of anilines is 1. The first-order chi connectivity index (χ1) is 12.8. The van der Waals surface area contributed by atoms with E-state index in [2.05, 4.69) is 15.0 Å². The third kappa shape index (κ3) is 4.33. The van der Waals surface area contributed by atoms with Crippen LogP contribution in [0.25, 0.3) is 22.2 Å². The molecule has 2 aromatic carbocycles. The lowest BCUT2D eigenvalue weighted by atomic mass is 10.1. The highest BCUT2D eigenvalue weighted by Gasteiger charge is 2.27. The van der Waals surface area contributed by atoms with E-state index < -0.39 is 24.5 Å². The molecule has 8 heteroatoms. The highest BCUT2D eigenvalue weighted by atomic mass is 19.4. The quantitative estimate of drug-likeness (QED) is 0.523. The molecule has 0 saturated heterocycles. The Morgan fingerprint density at radius 1 is 1.11 bits per heavy atom. The SMILES string of the molecule is COC(=O)c1ccc2nc(-c3ccc(F)cc3)c(NCC(F)(F)F)cc2c1. The molecule has 27 heavy (non-hydrogen) atoms. The fourth-order valence-corrected chi connectivity index (χ4v) is 2.58. The molecular weight excluding hydrogens is 364 g/mol. The molecule has 3 rings (SSSR count). The van der Waals surface area contributed by atoms with E-state index in [0.29, 0.717) is 16.5 Å². The molecule has 1 N–H and O–H groups in total. The maximum atomic E-state index is 13.2. The number of halogens is 4. The fraction of sp³-hybridized carbons (Fsp3) is 0.158. The molecule has 140 valence electrons. The zero-order valence-electron chi connectivity index (χ0n) is 14.1. The second-order valence-electron chi connectivity index (χ2n) is 5.76. The maximum Gasteiger partial charge on any atom is 0.405 e. The van der Waals surface area contributed by atoms with E-state index in [1.165, 1.54) is 49.6 Å². The molecule has 0 radical (unpaired) electrons. The van der Waals surface area contributed by atoms with E-state index in [0.717, 1.165) is 0 Å². The number of alkyl halides is 3. The average Bonchev–Trinajstić information content (AvgIpc) is 2.64. The first-order valence-electron chi connectivity index (χ1n) is 7.86. The van der Waals surface area contributed by atoms with Crippen molar-refractivity contribution < 1.29 is 27.1 Å². The summed E-state index contributed by atoms with van der Waals surface area (Å²) < 4.78 is 55.8. The molecule has 4 nitrogen and oxygen atoms in total. The number of carbonyl (C=O) groups excluding carboxylic acids is 1. The standard InChI is InChI=1S/C19H14F4N2O2/c1-27-18(26)12-4-7-15-13(8-12)9-16(24-10-19(21,22)23)17(25-15)11-2-5-14(20)6-3-11/h2-9,24H,10H2,1H3. The summed E-state index contributed by atoms with van der Waals surface area (Å²) in [6.45, 7) is -1.26. The number of ether oxygens (including phenoxy) is 1. The summed E-state index contributed by atoms with van der Waals surface area (Å²) in [7, 11) is 1.23. The fourth-order valence-electron chi connectivity index (χ4n) is 2.58. The summed E-state index contributed by atoms with van der Waals surface area (Å²) in [6, 6.07) is 11.3. The molecule has 0 unspecified atom stereocenters. The third-order valence-electron chi connectivity index (χ3n) is 3.83. The van der Waals surface area contributed by atoms with Gasteiger partial charge in [-0.1, -0.05) is 0 Å². The second-order valence-corrected chi connectivity index (χ2v) is 5.76. The number of hydrogen-bond donors (Lipinski definition) is 1. The lowest BCUT2D eigenvalue weighted by molar-refractivity contribution is -0.115. The number of esters is 1. The summed E-state index contributed by atoms with van der Waals surface area (Å²) in [6.07, 6.45) is -4.43. The minimum absolute atomic E-state index is 0.119. The largest absolute Gasteiger partial charge is 0.465 e. The molecule has 0 fully saturated rings. The molecule has 0 spiro atoms. The van der Waals surface area contributed by atoms with Crippen molar-refractivity contribution in [3.05, 3.63) is 59.9 Å². The lowest BCUT2D eigenvalue weighted by Crippen LogP contribution is -2.21. The zero-order valence-corrected chi connectivity index (χ0v) is 14.1. The molecule has 0 bridgehead atoms. The summed E-state index contributed by atoms with van der Waals surface area (Å²) in [5, 5.41) is 2.79. The zero-order chi connectivity index (χ0) is 19.6. The van der Waals surface area contributed by atoms with Crippen LogP contribution < -0.4 is 5.32 Å². The van der Waals surface area contributed by atoms with Crippen LogP contribution >= 0.6 is 0 Å². The van der Waals surface area contributed by atoms with Gasteiger partial charge in [0, 0.05) is 10.9 Å². The van der Waals surface area contributed by atoms with Crippen LogP contribution in [0.3, 0.4) is 0 Å². The van der Waals surface area contributed by atoms with E-state index in [1.807, 2.05) is 0 Å². The predicted molar refractivity (Wildman–Crippen MR) is 93.0 cm³/mol. The van der Waals surface area contributed by atoms with Crippen molar-refractivity contribution in [2.24, 2.45) is 0 Å². The average molecular weight is 378 g/mol. The summed E-state index contributed by atoms with van der Waals surface area (Å²) in [5.41, 5.74) is 1.55. The van der Waals surface area contributed by atoms with Crippen LogP contribution in [-0.4, -0.2) is 30.8 Å². The van der Waals surface area contributed by atoms with Gasteiger partial charge in [-0.2, -0.15) is 13.2 Å². The van der Waals surface area contributed by atoms with Crippen LogP contribution in [-0.2, 0) is 4.74 Å². The van der Waals surface area contributed by atoms with Gasteiger partial charge < -0.3 is 10.1 Å². The normalized spacial score (nSPS) is 11.4. The van der Waals surface area contributed by atoms with Crippen LogP contribution in [0.15, 0.2) is 48.5 Å². The van der Waals surface area contributed by atoms with Gasteiger partial charge in [-0.15, -0.1) is 0 Å². The molecule has 1 heterocycles. The monoisotopic (exact) mass is 378 g/mol. The lowest BCUT2D eigenvalue weighted by Gasteiger charge is -2.15. The number of nitrogens with zero attached hydrogens (tertiary/aromatic N) is 1. The van der Waals surface area contributed by atoms with E-state index in [4.69, 9.17) is 0 Å². The Balaban J connectivity index is 2.13. The van der Waals surface area contributed by atoms with Crippen LogP contribution in [0.4, 0.5) is 23.2 Å². The van der Waals surface area contributed by atoms with Crippen LogP contribution in [0, 0.1) is 5.82 Å². The molecular formula is C19H14F4N2O2. The Hall–Kier alpha value is -3.16. The Morgan fingerprint density at radius 3 is 2.44 bits per heavy atom. The van der Waals surface area contributed by atoms with Crippen molar-refractivity contribution in [1.82, 2.24) is 4.98 Å². The Labute approximate surface area is 151 Å². The van der Waals surface area contributed by atoms with E-state index in [-0.39, 0.29) is 16.9 Å². The van der Waals surface area contributed by atoms with Crippen molar-refractivity contribution in [3.63, 3.8) is 0 Å². The number of methoxy groups -OCH3 is 1. The van der Waals surface area contributed by atoms with Gasteiger partial charge in [-0.3, -0.25) is 0 Å². The highest BCUT2D eigenvalue weighted by Crippen LogP contribution is 2.31. The number of nitrogens with one attached hydrogen (secondary N) is 1. The number of hydrogen-bond acceptors (Lipinski definition) is 4. The number of benzene rings is 2. The molecule has 0 saturated carbocycles. The topological polar surface area (TPSA) is 51.2 Å². The molecule has 0 aliphatic rings. The predicted octanol–water partition coefficient (Wildman–Crippen LogP) is 4.80. The van der Waals surface area contributed by atoms with Gasteiger partial charge in [0.1, 0.15) is 12.4 Å². The first-order valence-corrected chi connectivity index (χ1v) is 7.86. The first kappa shape index (κ1) is 18.6. The number of carbonyl (C=O) groups is 1. The van der Waals surface area contributed by atoms with Crippen molar-refractivity contribution in [3.8, 4) is 11.3 Å². The molecule has 3 aromatic rings. The maximum absolute atomic E-state index is 13.2.